The first-order valence-corrected chi connectivity index (χ1v) is 8.24. The molecular formula is C18H29N3. The van der Waals surface area contributed by atoms with Gasteiger partial charge in [0, 0.05) is 5.69 Å². The Morgan fingerprint density at radius 2 is 1.90 bits per heavy atom. The maximum absolute atomic E-state index is 6.18. The zero-order valence-electron chi connectivity index (χ0n) is 13.7. The van der Waals surface area contributed by atoms with Gasteiger partial charge in [-0.15, -0.1) is 0 Å². The minimum absolute atomic E-state index is 0.0302. The molecule has 116 valence electrons. The van der Waals surface area contributed by atoms with Gasteiger partial charge in [0.1, 0.15) is 0 Å². The van der Waals surface area contributed by atoms with Gasteiger partial charge >= 0.3 is 0 Å². The number of aliphatic imine (C=N–C) groups is 1. The van der Waals surface area contributed by atoms with E-state index in [0.717, 1.165) is 13.0 Å². The average molecular weight is 287 g/mol. The number of hydrogen-bond acceptors (Lipinski definition) is 3. The molecule has 3 nitrogen and oxygen atoms in total. The molecule has 0 radical (unpaired) electrons. The third-order valence-electron chi connectivity index (χ3n) is 4.53. The number of hydrogen-bond donors (Lipinski definition) is 1. The van der Waals surface area contributed by atoms with Crippen LogP contribution in [0.4, 0.5) is 5.69 Å². The highest BCUT2D eigenvalue weighted by molar-refractivity contribution is 5.98. The van der Waals surface area contributed by atoms with E-state index in [1.54, 1.807) is 0 Å². The summed E-state index contributed by atoms with van der Waals surface area (Å²) in [5.74, 6) is 0.667. The molecule has 0 fully saturated rings. The lowest BCUT2D eigenvalue weighted by molar-refractivity contribution is 0.432. The largest absolute Gasteiger partial charge is 0.369 e. The number of rotatable bonds is 7. The Balaban J connectivity index is 2.07. The third-order valence-corrected chi connectivity index (χ3v) is 4.53. The molecule has 21 heavy (non-hydrogen) atoms. The molecule has 0 saturated carbocycles. The second-order valence-corrected chi connectivity index (χ2v) is 6.46. The Bertz CT molecular complexity index is 495. The van der Waals surface area contributed by atoms with Crippen molar-refractivity contribution < 1.29 is 0 Å². The quantitative estimate of drug-likeness (QED) is 0.762. The standard InChI is InChI=1S/C18H29N3/c1-4-5-6-7-10-13-18(3)14-20-17(19)21(18)16-12-9-8-11-15(16)2/h8-9,11-12H,4-7,10,13-14H2,1-3H3,(H2,19,20). The van der Waals surface area contributed by atoms with Crippen molar-refractivity contribution >= 4 is 11.6 Å². The second kappa shape index (κ2) is 6.97. The molecular weight excluding hydrogens is 258 g/mol. The zero-order valence-corrected chi connectivity index (χ0v) is 13.7. The SMILES string of the molecule is CCCCCCCC1(C)CN=C(N)N1c1ccccc1C. The Kier molecular flexibility index (Phi) is 5.27. The monoisotopic (exact) mass is 287 g/mol. The van der Waals surface area contributed by atoms with Gasteiger partial charge in [0.15, 0.2) is 5.96 Å². The molecule has 2 N–H and O–H groups in total. The van der Waals surface area contributed by atoms with Gasteiger partial charge in [-0.1, -0.05) is 57.2 Å². The summed E-state index contributed by atoms with van der Waals surface area (Å²) in [6, 6.07) is 8.45. The van der Waals surface area contributed by atoms with Crippen molar-refractivity contribution in [1.29, 1.82) is 0 Å². The molecule has 1 unspecified atom stereocenters. The minimum Gasteiger partial charge on any atom is -0.369 e. The van der Waals surface area contributed by atoms with Crippen molar-refractivity contribution in [1.82, 2.24) is 0 Å². The predicted molar refractivity (Wildman–Crippen MR) is 91.9 cm³/mol. The number of anilines is 1. The van der Waals surface area contributed by atoms with Crippen molar-refractivity contribution in [3.8, 4) is 0 Å². The summed E-state index contributed by atoms with van der Waals surface area (Å²) in [6.45, 7) is 7.50. The van der Waals surface area contributed by atoms with E-state index in [1.165, 1.54) is 43.4 Å². The summed E-state index contributed by atoms with van der Waals surface area (Å²) in [7, 11) is 0. The summed E-state index contributed by atoms with van der Waals surface area (Å²) in [5, 5.41) is 0. The Morgan fingerprint density at radius 3 is 2.62 bits per heavy atom. The summed E-state index contributed by atoms with van der Waals surface area (Å²) in [5.41, 5.74) is 8.67. The van der Waals surface area contributed by atoms with Gasteiger partial charge in [-0.2, -0.15) is 0 Å². The molecule has 0 saturated heterocycles. The Morgan fingerprint density at radius 1 is 1.19 bits per heavy atom. The maximum Gasteiger partial charge on any atom is 0.196 e. The van der Waals surface area contributed by atoms with E-state index in [0.29, 0.717) is 5.96 Å². The highest BCUT2D eigenvalue weighted by atomic mass is 15.4. The van der Waals surface area contributed by atoms with E-state index in [2.05, 4.69) is 54.9 Å². The lowest BCUT2D eigenvalue weighted by atomic mass is 9.92. The van der Waals surface area contributed by atoms with Crippen molar-refractivity contribution in [3.63, 3.8) is 0 Å². The number of unbranched alkanes of at least 4 members (excludes halogenated alkanes) is 4. The van der Waals surface area contributed by atoms with Crippen LogP contribution in [0.25, 0.3) is 0 Å². The molecule has 1 aromatic carbocycles. The average Bonchev–Trinajstić information content (AvgIpc) is 2.76. The first-order valence-electron chi connectivity index (χ1n) is 8.24. The molecule has 0 amide bonds. The molecule has 0 aromatic heterocycles. The van der Waals surface area contributed by atoms with Gasteiger partial charge in [-0.05, 0) is 31.9 Å². The van der Waals surface area contributed by atoms with E-state index in [-0.39, 0.29) is 5.54 Å². The minimum atomic E-state index is 0.0302. The molecule has 0 aliphatic carbocycles. The summed E-state index contributed by atoms with van der Waals surface area (Å²) in [6.07, 6.45) is 7.69. The normalized spacial score (nSPS) is 21.7. The number of nitrogens with two attached hydrogens (primary N) is 1. The predicted octanol–water partition coefficient (Wildman–Crippen LogP) is 4.25. The molecule has 0 bridgehead atoms. The molecule has 1 aliphatic rings. The Hall–Kier alpha value is -1.51. The van der Waals surface area contributed by atoms with Gasteiger partial charge in [-0.25, -0.2) is 0 Å². The van der Waals surface area contributed by atoms with Crippen LogP contribution < -0.4 is 10.6 Å². The first-order chi connectivity index (χ1) is 10.1. The zero-order chi connectivity index (χ0) is 15.3. The lowest BCUT2D eigenvalue weighted by Crippen LogP contribution is -2.50. The van der Waals surface area contributed by atoms with Gasteiger partial charge in [0.25, 0.3) is 0 Å². The van der Waals surface area contributed by atoms with Gasteiger partial charge in [0.05, 0.1) is 12.1 Å². The molecule has 2 rings (SSSR count). The van der Waals surface area contributed by atoms with Crippen LogP contribution in [0.5, 0.6) is 0 Å². The van der Waals surface area contributed by atoms with Crippen LogP contribution in [-0.2, 0) is 0 Å². The fourth-order valence-corrected chi connectivity index (χ4v) is 3.20. The smallest absolute Gasteiger partial charge is 0.196 e. The van der Waals surface area contributed by atoms with Crippen LogP contribution in [0, 0.1) is 6.92 Å². The van der Waals surface area contributed by atoms with Crippen LogP contribution in [0.15, 0.2) is 29.3 Å². The number of guanidine groups is 1. The third kappa shape index (κ3) is 3.58. The number of benzene rings is 1. The molecule has 1 heterocycles. The molecule has 1 aliphatic heterocycles. The fraction of sp³-hybridized carbons (Fsp3) is 0.611. The van der Waals surface area contributed by atoms with Crippen LogP contribution in [0.2, 0.25) is 0 Å². The van der Waals surface area contributed by atoms with E-state index in [1.807, 2.05) is 0 Å². The molecule has 3 heteroatoms. The highest BCUT2D eigenvalue weighted by Gasteiger charge is 2.38. The van der Waals surface area contributed by atoms with Gasteiger partial charge in [-0.3, -0.25) is 4.99 Å². The van der Waals surface area contributed by atoms with E-state index in [4.69, 9.17) is 5.73 Å². The van der Waals surface area contributed by atoms with Gasteiger partial charge < -0.3 is 10.6 Å². The summed E-state index contributed by atoms with van der Waals surface area (Å²) >= 11 is 0. The molecule has 1 aromatic rings. The highest BCUT2D eigenvalue weighted by Crippen LogP contribution is 2.34. The van der Waals surface area contributed by atoms with Crippen LogP contribution in [-0.4, -0.2) is 18.0 Å². The Labute approximate surface area is 129 Å². The summed E-state index contributed by atoms with van der Waals surface area (Å²) < 4.78 is 0. The topological polar surface area (TPSA) is 41.6 Å². The van der Waals surface area contributed by atoms with Crippen LogP contribution in [0.3, 0.4) is 0 Å². The number of para-hydroxylation sites is 1. The fourth-order valence-electron chi connectivity index (χ4n) is 3.20. The van der Waals surface area contributed by atoms with Crippen molar-refractivity contribution in [3.05, 3.63) is 29.8 Å². The second-order valence-electron chi connectivity index (χ2n) is 6.46. The van der Waals surface area contributed by atoms with Crippen LogP contribution >= 0.6 is 0 Å². The number of aryl methyl sites for hydroxylation is 1. The molecule has 0 spiro atoms. The van der Waals surface area contributed by atoms with Crippen LogP contribution in [0.1, 0.15) is 57.9 Å². The molecule has 1 atom stereocenters. The summed E-state index contributed by atoms with van der Waals surface area (Å²) in [4.78, 5) is 6.78. The maximum atomic E-state index is 6.18. The van der Waals surface area contributed by atoms with Crippen molar-refractivity contribution in [2.75, 3.05) is 11.4 Å². The van der Waals surface area contributed by atoms with Gasteiger partial charge in [0.2, 0.25) is 0 Å². The van der Waals surface area contributed by atoms with Crippen molar-refractivity contribution in [2.24, 2.45) is 10.7 Å². The lowest BCUT2D eigenvalue weighted by Gasteiger charge is -2.37. The first kappa shape index (κ1) is 15.9. The van der Waals surface area contributed by atoms with E-state index >= 15 is 0 Å². The number of nitrogens with zero attached hydrogens (tertiary/aromatic N) is 2. The van der Waals surface area contributed by atoms with E-state index < -0.39 is 0 Å². The van der Waals surface area contributed by atoms with Crippen molar-refractivity contribution in [2.45, 2.75) is 64.8 Å². The van der Waals surface area contributed by atoms with E-state index in [9.17, 15) is 0 Å².